The number of methoxy groups -OCH3 is 1. The molecule has 1 aromatic heterocycles. The van der Waals surface area contributed by atoms with Crippen LogP contribution in [0.25, 0.3) is 11.0 Å². The van der Waals surface area contributed by atoms with Gasteiger partial charge < -0.3 is 18.6 Å². The van der Waals surface area contributed by atoms with Crippen LogP contribution >= 0.6 is 0 Å². The topological polar surface area (TPSA) is 95.3 Å². The number of carbonyl (C=O) groups is 2. The van der Waals surface area contributed by atoms with Gasteiger partial charge in [-0.3, -0.25) is 14.5 Å². The van der Waals surface area contributed by atoms with Gasteiger partial charge in [0.25, 0.3) is 5.91 Å². The molecule has 1 aliphatic heterocycles. The molecule has 1 atom stereocenters. The second kappa shape index (κ2) is 11.7. The van der Waals surface area contributed by atoms with Crippen molar-refractivity contribution in [2.75, 3.05) is 25.2 Å². The van der Waals surface area contributed by atoms with Crippen LogP contribution in [0.3, 0.4) is 0 Å². The number of amides is 1. The lowest BCUT2D eigenvalue weighted by Gasteiger charge is -2.26. The standard InChI is InChI=1S/C33H31NO7/c1-5-7-17-40-33(37)21-9-12-23(13-10-21)34-29(22-11-15-26(39-16-6-2)27(19-22)38-4)28-30(35)24-18-20(3)8-14-25(24)41-31(28)32(34)36/h6,8-15,18-19,29H,2,5,7,16-17H2,1,3-4H3. The Labute approximate surface area is 237 Å². The number of aryl methyl sites for hydroxylation is 1. The molecule has 0 fully saturated rings. The lowest BCUT2D eigenvalue weighted by Crippen LogP contribution is -2.29. The van der Waals surface area contributed by atoms with E-state index in [9.17, 15) is 14.4 Å². The zero-order valence-corrected chi connectivity index (χ0v) is 23.3. The second-order valence-corrected chi connectivity index (χ2v) is 9.80. The minimum Gasteiger partial charge on any atom is -0.493 e. The van der Waals surface area contributed by atoms with E-state index in [2.05, 4.69) is 6.58 Å². The van der Waals surface area contributed by atoms with E-state index in [1.165, 1.54) is 12.0 Å². The van der Waals surface area contributed by atoms with E-state index in [0.717, 1.165) is 18.4 Å². The fourth-order valence-corrected chi connectivity index (χ4v) is 4.94. The number of esters is 1. The van der Waals surface area contributed by atoms with Crippen LogP contribution in [0.2, 0.25) is 0 Å². The molecule has 210 valence electrons. The molecule has 8 nitrogen and oxygen atoms in total. The molecular weight excluding hydrogens is 522 g/mol. The molecule has 0 aliphatic carbocycles. The van der Waals surface area contributed by atoms with Gasteiger partial charge in [-0.2, -0.15) is 0 Å². The second-order valence-electron chi connectivity index (χ2n) is 9.80. The molecule has 0 radical (unpaired) electrons. The third kappa shape index (κ3) is 5.20. The highest BCUT2D eigenvalue weighted by Crippen LogP contribution is 2.43. The average molecular weight is 554 g/mol. The maximum atomic E-state index is 13.9. The summed E-state index contributed by atoms with van der Waals surface area (Å²) in [6.45, 7) is 8.22. The van der Waals surface area contributed by atoms with E-state index in [4.69, 9.17) is 18.6 Å². The van der Waals surface area contributed by atoms with Gasteiger partial charge in [-0.1, -0.05) is 43.7 Å². The van der Waals surface area contributed by atoms with Crippen molar-refractivity contribution in [3.63, 3.8) is 0 Å². The number of ether oxygens (including phenoxy) is 3. The van der Waals surface area contributed by atoms with Crippen molar-refractivity contribution in [2.24, 2.45) is 0 Å². The zero-order valence-electron chi connectivity index (χ0n) is 23.3. The average Bonchev–Trinajstić information content (AvgIpc) is 3.28. The van der Waals surface area contributed by atoms with Gasteiger partial charge in [0.15, 0.2) is 16.9 Å². The van der Waals surface area contributed by atoms with Crippen molar-refractivity contribution in [3.8, 4) is 11.5 Å². The summed E-state index contributed by atoms with van der Waals surface area (Å²) in [4.78, 5) is 41.9. The summed E-state index contributed by atoms with van der Waals surface area (Å²) in [6.07, 6.45) is 3.32. The maximum Gasteiger partial charge on any atom is 0.338 e. The van der Waals surface area contributed by atoms with Crippen LogP contribution in [0.1, 0.15) is 63.4 Å². The maximum absolute atomic E-state index is 13.9. The third-order valence-corrected chi connectivity index (χ3v) is 7.00. The number of unbranched alkanes of at least 4 members (excludes halogenated alkanes) is 1. The van der Waals surface area contributed by atoms with E-state index in [-0.39, 0.29) is 23.4 Å². The number of hydrogen-bond donors (Lipinski definition) is 0. The van der Waals surface area contributed by atoms with E-state index < -0.39 is 17.9 Å². The summed E-state index contributed by atoms with van der Waals surface area (Å²) in [5.41, 5.74) is 2.67. The summed E-state index contributed by atoms with van der Waals surface area (Å²) in [5, 5.41) is 0.395. The minimum atomic E-state index is -0.816. The number of benzene rings is 3. The highest BCUT2D eigenvalue weighted by atomic mass is 16.5. The number of carbonyl (C=O) groups excluding carboxylic acids is 2. The van der Waals surface area contributed by atoms with Gasteiger partial charge in [0.1, 0.15) is 12.2 Å². The number of rotatable bonds is 10. The molecule has 8 heteroatoms. The van der Waals surface area contributed by atoms with Crippen molar-refractivity contribution in [2.45, 2.75) is 32.7 Å². The fraction of sp³-hybridized carbons (Fsp3) is 0.242. The molecule has 0 saturated carbocycles. The van der Waals surface area contributed by atoms with Crippen molar-refractivity contribution in [1.29, 1.82) is 0 Å². The van der Waals surface area contributed by atoms with Gasteiger partial charge in [-0.05, 0) is 67.4 Å². The third-order valence-electron chi connectivity index (χ3n) is 7.00. The predicted molar refractivity (Wildman–Crippen MR) is 156 cm³/mol. The summed E-state index contributed by atoms with van der Waals surface area (Å²) < 4.78 is 22.7. The zero-order chi connectivity index (χ0) is 29.1. The Balaban J connectivity index is 1.64. The smallest absolute Gasteiger partial charge is 0.338 e. The Morgan fingerprint density at radius 1 is 1.05 bits per heavy atom. The highest BCUT2D eigenvalue weighted by Gasteiger charge is 2.44. The molecule has 3 aromatic carbocycles. The molecule has 1 unspecified atom stereocenters. The molecule has 1 amide bonds. The first-order valence-electron chi connectivity index (χ1n) is 13.5. The quantitative estimate of drug-likeness (QED) is 0.128. The van der Waals surface area contributed by atoms with Crippen LogP contribution in [-0.4, -0.2) is 32.2 Å². The van der Waals surface area contributed by atoms with Gasteiger partial charge in [0.2, 0.25) is 5.76 Å². The molecule has 5 rings (SSSR count). The van der Waals surface area contributed by atoms with Crippen LogP contribution in [0, 0.1) is 6.92 Å². The van der Waals surface area contributed by atoms with Gasteiger partial charge in [0, 0.05) is 5.69 Å². The Bertz CT molecular complexity index is 1690. The summed E-state index contributed by atoms with van der Waals surface area (Å²) in [6, 6.07) is 16.3. The monoisotopic (exact) mass is 553 g/mol. The SMILES string of the molecule is C=CCOc1ccc(C2c3c(oc4ccc(C)cc4c3=O)C(=O)N2c2ccc(C(=O)OCCCC)cc2)cc1OC. The molecule has 0 saturated heterocycles. The number of fused-ring (bicyclic) bond motifs is 2. The Hall–Kier alpha value is -4.85. The molecule has 0 N–H and O–H groups in total. The Morgan fingerprint density at radius 3 is 2.54 bits per heavy atom. The highest BCUT2D eigenvalue weighted by molar-refractivity contribution is 6.11. The molecule has 4 aromatic rings. The Kier molecular flexibility index (Phi) is 7.92. The summed E-state index contributed by atoms with van der Waals surface area (Å²) >= 11 is 0. The minimum absolute atomic E-state index is 0.0228. The van der Waals surface area contributed by atoms with Crippen molar-refractivity contribution in [3.05, 3.63) is 112 Å². The van der Waals surface area contributed by atoms with Crippen LogP contribution < -0.4 is 19.8 Å². The van der Waals surface area contributed by atoms with Crippen molar-refractivity contribution in [1.82, 2.24) is 0 Å². The number of nitrogens with zero attached hydrogens (tertiary/aromatic N) is 1. The molecule has 1 aliphatic rings. The first-order chi connectivity index (χ1) is 19.9. The lowest BCUT2D eigenvalue weighted by atomic mass is 9.97. The van der Waals surface area contributed by atoms with Crippen LogP contribution in [0.15, 0.2) is 82.5 Å². The van der Waals surface area contributed by atoms with Gasteiger partial charge in [0.05, 0.1) is 36.3 Å². The van der Waals surface area contributed by atoms with E-state index >= 15 is 0 Å². The van der Waals surface area contributed by atoms with Crippen molar-refractivity contribution < 1.29 is 28.2 Å². The largest absolute Gasteiger partial charge is 0.493 e. The predicted octanol–water partition coefficient (Wildman–Crippen LogP) is 6.38. The molecule has 2 heterocycles. The fourth-order valence-electron chi connectivity index (χ4n) is 4.94. The molecule has 0 bridgehead atoms. The normalized spacial score (nSPS) is 14.2. The van der Waals surface area contributed by atoms with E-state index in [1.807, 2.05) is 19.9 Å². The summed E-state index contributed by atoms with van der Waals surface area (Å²) in [7, 11) is 1.52. The Morgan fingerprint density at radius 2 is 1.83 bits per heavy atom. The molecule has 0 spiro atoms. The summed E-state index contributed by atoms with van der Waals surface area (Å²) in [5.74, 6) is 0.0193. The van der Waals surface area contributed by atoms with Gasteiger partial charge in [-0.25, -0.2) is 4.79 Å². The van der Waals surface area contributed by atoms with Crippen LogP contribution in [0.5, 0.6) is 11.5 Å². The first-order valence-corrected chi connectivity index (χ1v) is 13.5. The van der Waals surface area contributed by atoms with Crippen LogP contribution in [0.4, 0.5) is 5.69 Å². The van der Waals surface area contributed by atoms with Crippen LogP contribution in [-0.2, 0) is 4.74 Å². The number of anilines is 1. The molecular formula is C33H31NO7. The van der Waals surface area contributed by atoms with E-state index in [0.29, 0.717) is 45.9 Å². The molecule has 41 heavy (non-hydrogen) atoms. The number of hydrogen-bond acceptors (Lipinski definition) is 7. The van der Waals surface area contributed by atoms with Gasteiger partial charge >= 0.3 is 5.97 Å². The van der Waals surface area contributed by atoms with Crippen molar-refractivity contribution >= 4 is 28.5 Å². The van der Waals surface area contributed by atoms with E-state index in [1.54, 1.807) is 60.7 Å². The lowest BCUT2D eigenvalue weighted by molar-refractivity contribution is 0.0499. The van der Waals surface area contributed by atoms with Gasteiger partial charge in [-0.15, -0.1) is 0 Å². The first kappa shape index (κ1) is 27.7.